The van der Waals surface area contributed by atoms with Gasteiger partial charge in [-0.15, -0.1) is 0 Å². The zero-order valence-corrected chi connectivity index (χ0v) is 10.8. The molecular weight excluding hydrogens is 256 g/mol. The summed E-state index contributed by atoms with van der Waals surface area (Å²) in [7, 11) is 0. The van der Waals surface area contributed by atoms with Gasteiger partial charge in [0.25, 0.3) is 0 Å². The molecule has 5 nitrogen and oxygen atoms in total. The molecule has 0 fully saturated rings. The molecule has 0 aliphatic carbocycles. The van der Waals surface area contributed by atoms with Gasteiger partial charge in [-0.05, 0) is 22.8 Å². The molecule has 0 atom stereocenters. The number of phenolic OH excluding ortho intramolecular Hbond substituents is 1. The molecule has 0 bridgehead atoms. The maximum Gasteiger partial charge on any atom is 0.311 e. The second-order valence-corrected chi connectivity index (χ2v) is 4.99. The lowest BCUT2D eigenvalue weighted by atomic mass is 10.1. The molecule has 20 heavy (non-hydrogen) atoms. The van der Waals surface area contributed by atoms with Gasteiger partial charge in [-0.2, -0.15) is 0 Å². The van der Waals surface area contributed by atoms with Crippen molar-refractivity contribution in [3.8, 4) is 5.75 Å². The van der Waals surface area contributed by atoms with Crippen molar-refractivity contribution in [1.29, 1.82) is 0 Å². The lowest BCUT2D eigenvalue weighted by Crippen LogP contribution is -2.15. The average molecular weight is 270 g/mol. The van der Waals surface area contributed by atoms with Crippen LogP contribution < -0.4 is 0 Å². The number of rotatable bonds is 3. The lowest BCUT2D eigenvalue weighted by molar-refractivity contribution is -0.385. The van der Waals surface area contributed by atoms with E-state index in [9.17, 15) is 15.2 Å². The highest BCUT2D eigenvalue weighted by Gasteiger charge is 2.20. The maximum absolute atomic E-state index is 10.8. The first kappa shape index (κ1) is 12.6. The zero-order valence-electron chi connectivity index (χ0n) is 10.8. The first-order valence-corrected chi connectivity index (χ1v) is 6.39. The van der Waals surface area contributed by atoms with E-state index in [1.807, 2.05) is 12.1 Å². The minimum atomic E-state index is -0.558. The summed E-state index contributed by atoms with van der Waals surface area (Å²) in [4.78, 5) is 12.5. The van der Waals surface area contributed by atoms with E-state index in [2.05, 4.69) is 17.0 Å². The third-order valence-corrected chi connectivity index (χ3v) is 3.55. The van der Waals surface area contributed by atoms with Crippen LogP contribution in [-0.2, 0) is 19.6 Å². The highest BCUT2D eigenvalue weighted by Crippen LogP contribution is 2.29. The predicted octanol–water partition coefficient (Wildman–Crippen LogP) is 2.82. The second kappa shape index (κ2) is 4.94. The highest BCUT2D eigenvalue weighted by atomic mass is 16.6. The Morgan fingerprint density at radius 1 is 1.15 bits per heavy atom. The van der Waals surface area contributed by atoms with Crippen LogP contribution in [0.1, 0.15) is 16.7 Å². The van der Waals surface area contributed by atoms with Gasteiger partial charge in [-0.3, -0.25) is 15.0 Å². The molecule has 1 heterocycles. The van der Waals surface area contributed by atoms with Crippen LogP contribution in [0.2, 0.25) is 0 Å². The van der Waals surface area contributed by atoms with Crippen LogP contribution in [0.5, 0.6) is 5.75 Å². The summed E-state index contributed by atoms with van der Waals surface area (Å²) in [5.74, 6) is -0.288. The fourth-order valence-corrected chi connectivity index (χ4v) is 2.59. The Hall–Kier alpha value is -2.40. The fourth-order valence-electron chi connectivity index (χ4n) is 2.59. The number of phenols is 1. The van der Waals surface area contributed by atoms with E-state index in [0.717, 1.165) is 18.7 Å². The lowest BCUT2D eigenvalue weighted by Gasteiger charge is -2.14. The molecule has 102 valence electrons. The molecule has 1 N–H and O–H groups in total. The number of nitro benzene ring substituents is 1. The monoisotopic (exact) mass is 270 g/mol. The van der Waals surface area contributed by atoms with Crippen molar-refractivity contribution in [2.24, 2.45) is 0 Å². The van der Waals surface area contributed by atoms with Gasteiger partial charge in [-0.25, -0.2) is 0 Å². The van der Waals surface area contributed by atoms with Gasteiger partial charge in [0, 0.05) is 25.7 Å². The molecule has 0 unspecified atom stereocenters. The molecule has 3 rings (SSSR count). The predicted molar refractivity (Wildman–Crippen MR) is 74.2 cm³/mol. The maximum atomic E-state index is 10.8. The van der Waals surface area contributed by atoms with E-state index < -0.39 is 4.92 Å². The normalized spacial score (nSPS) is 14.2. The molecule has 2 aromatic rings. The van der Waals surface area contributed by atoms with Crippen LogP contribution in [0.3, 0.4) is 0 Å². The van der Waals surface area contributed by atoms with E-state index in [1.54, 1.807) is 6.07 Å². The zero-order chi connectivity index (χ0) is 14.1. The van der Waals surface area contributed by atoms with Gasteiger partial charge in [-0.1, -0.05) is 30.3 Å². The van der Waals surface area contributed by atoms with Crippen molar-refractivity contribution in [1.82, 2.24) is 4.90 Å². The fraction of sp³-hybridized carbons (Fsp3) is 0.200. The Kier molecular flexibility index (Phi) is 3.12. The van der Waals surface area contributed by atoms with Crippen LogP contribution in [0, 0.1) is 10.1 Å². The van der Waals surface area contributed by atoms with Gasteiger partial charge in [0.1, 0.15) is 0 Å². The molecule has 1 aliphatic rings. The number of hydrogen-bond acceptors (Lipinski definition) is 4. The summed E-state index contributed by atoms with van der Waals surface area (Å²) in [5.41, 5.74) is 3.21. The van der Waals surface area contributed by atoms with Crippen molar-refractivity contribution < 1.29 is 10.0 Å². The quantitative estimate of drug-likeness (QED) is 0.688. The Morgan fingerprint density at radius 3 is 2.40 bits per heavy atom. The largest absolute Gasteiger partial charge is 0.502 e. The summed E-state index contributed by atoms with van der Waals surface area (Å²) in [6, 6.07) is 12.8. The molecule has 2 aromatic carbocycles. The minimum Gasteiger partial charge on any atom is -0.502 e. The van der Waals surface area contributed by atoms with Crippen molar-refractivity contribution in [3.05, 3.63) is 69.3 Å². The molecule has 5 heteroatoms. The van der Waals surface area contributed by atoms with Gasteiger partial charge in [0.2, 0.25) is 0 Å². The third-order valence-electron chi connectivity index (χ3n) is 3.55. The topological polar surface area (TPSA) is 66.6 Å². The minimum absolute atomic E-state index is 0.237. The summed E-state index contributed by atoms with van der Waals surface area (Å²) >= 11 is 0. The number of benzene rings is 2. The van der Waals surface area contributed by atoms with Crippen LogP contribution in [-0.4, -0.2) is 14.9 Å². The third kappa shape index (κ3) is 2.35. The molecule has 0 saturated heterocycles. The summed E-state index contributed by atoms with van der Waals surface area (Å²) < 4.78 is 0. The summed E-state index contributed by atoms with van der Waals surface area (Å²) in [6.45, 7) is 2.34. The number of hydrogen-bond donors (Lipinski definition) is 1. The average Bonchev–Trinajstić information content (AvgIpc) is 2.82. The number of aromatic hydroxyl groups is 1. The van der Waals surface area contributed by atoms with Crippen LogP contribution in [0.4, 0.5) is 5.69 Å². The van der Waals surface area contributed by atoms with Crippen LogP contribution >= 0.6 is 0 Å². The van der Waals surface area contributed by atoms with E-state index in [1.165, 1.54) is 23.3 Å². The molecule has 0 radical (unpaired) electrons. The molecule has 0 spiro atoms. The Bertz CT molecular complexity index is 645. The van der Waals surface area contributed by atoms with Crippen LogP contribution in [0.15, 0.2) is 42.5 Å². The van der Waals surface area contributed by atoms with E-state index >= 15 is 0 Å². The summed E-state index contributed by atoms with van der Waals surface area (Å²) in [5, 5.41) is 20.3. The van der Waals surface area contributed by atoms with Crippen molar-refractivity contribution in [2.45, 2.75) is 19.6 Å². The Morgan fingerprint density at radius 2 is 1.80 bits per heavy atom. The molecule has 0 aromatic heterocycles. The number of nitro groups is 1. The number of fused-ring (bicyclic) bond motifs is 1. The Labute approximate surface area is 116 Å². The second-order valence-electron chi connectivity index (χ2n) is 4.99. The van der Waals surface area contributed by atoms with E-state index in [0.29, 0.717) is 6.54 Å². The molecule has 1 aliphatic heterocycles. The SMILES string of the molecule is O=[N+]([O-])c1cc(CN2Cc3ccccc3C2)ccc1O. The molecule has 0 saturated carbocycles. The van der Waals surface area contributed by atoms with E-state index in [-0.39, 0.29) is 11.4 Å². The molecular formula is C15H14N2O3. The van der Waals surface area contributed by atoms with E-state index in [4.69, 9.17) is 0 Å². The highest BCUT2D eigenvalue weighted by molar-refractivity contribution is 5.47. The first-order valence-electron chi connectivity index (χ1n) is 6.39. The molecule has 0 amide bonds. The van der Waals surface area contributed by atoms with Crippen molar-refractivity contribution in [3.63, 3.8) is 0 Å². The standard InChI is InChI=1S/C15H14N2O3/c18-15-6-5-11(7-14(15)17(19)20)8-16-9-12-3-1-2-4-13(12)10-16/h1-7,18H,8-10H2. The van der Waals surface area contributed by atoms with Gasteiger partial charge in [0.15, 0.2) is 5.75 Å². The smallest absolute Gasteiger partial charge is 0.311 e. The Balaban J connectivity index is 1.77. The van der Waals surface area contributed by atoms with Gasteiger partial charge >= 0.3 is 5.69 Å². The first-order chi connectivity index (χ1) is 9.63. The van der Waals surface area contributed by atoms with Crippen LogP contribution in [0.25, 0.3) is 0 Å². The summed E-state index contributed by atoms with van der Waals surface area (Å²) in [6.07, 6.45) is 0. The number of nitrogens with zero attached hydrogens (tertiary/aromatic N) is 2. The van der Waals surface area contributed by atoms with Gasteiger partial charge < -0.3 is 5.11 Å². The van der Waals surface area contributed by atoms with Gasteiger partial charge in [0.05, 0.1) is 4.92 Å². The van der Waals surface area contributed by atoms with Crippen molar-refractivity contribution >= 4 is 5.69 Å². The van der Waals surface area contributed by atoms with Crippen molar-refractivity contribution in [2.75, 3.05) is 0 Å².